The lowest BCUT2D eigenvalue weighted by Gasteiger charge is -2.18. The molecule has 1 heteroatoms. The fourth-order valence-electron chi connectivity index (χ4n) is 2.33. The zero-order valence-electron chi connectivity index (χ0n) is 11.8. The van der Waals surface area contributed by atoms with Crippen LogP contribution >= 0.6 is 0 Å². The second kappa shape index (κ2) is 7.50. The Balaban J connectivity index is 2.58. The molecule has 1 aromatic rings. The molecule has 1 atom stereocenters. The monoisotopic (exact) mass is 233 g/mol. The maximum Gasteiger partial charge on any atom is 0.00171 e. The molecular formula is C16H27N. The summed E-state index contributed by atoms with van der Waals surface area (Å²) in [6.45, 7) is 7.87. The van der Waals surface area contributed by atoms with E-state index >= 15 is 0 Å². The number of likely N-dealkylation sites (N-methyl/N-ethyl adjacent to an activating group) is 1. The summed E-state index contributed by atoms with van der Waals surface area (Å²) in [6, 6.07) is 8.95. The molecule has 0 saturated heterocycles. The quantitative estimate of drug-likeness (QED) is 0.747. The number of aryl methyl sites for hydroxylation is 1. The molecule has 1 rings (SSSR count). The van der Waals surface area contributed by atoms with Crippen molar-refractivity contribution >= 4 is 0 Å². The van der Waals surface area contributed by atoms with Crippen LogP contribution in [-0.2, 0) is 0 Å². The van der Waals surface area contributed by atoms with E-state index in [1.807, 2.05) is 7.05 Å². The topological polar surface area (TPSA) is 12.0 Å². The highest BCUT2D eigenvalue weighted by atomic mass is 14.8. The van der Waals surface area contributed by atoms with E-state index in [9.17, 15) is 0 Å². The molecule has 0 aliphatic carbocycles. The Labute approximate surface area is 107 Å². The van der Waals surface area contributed by atoms with Gasteiger partial charge in [-0.15, -0.1) is 0 Å². The summed E-state index contributed by atoms with van der Waals surface area (Å²) in [6.07, 6.45) is 3.96. The van der Waals surface area contributed by atoms with E-state index in [-0.39, 0.29) is 0 Å². The second-order valence-corrected chi connectivity index (χ2v) is 5.49. The van der Waals surface area contributed by atoms with Gasteiger partial charge in [-0.25, -0.2) is 0 Å². The van der Waals surface area contributed by atoms with Crippen molar-refractivity contribution in [3.05, 3.63) is 35.4 Å². The van der Waals surface area contributed by atoms with Crippen molar-refractivity contribution < 1.29 is 0 Å². The molecule has 0 heterocycles. The highest BCUT2D eigenvalue weighted by Gasteiger charge is 2.10. The van der Waals surface area contributed by atoms with E-state index in [1.54, 1.807) is 0 Å². The van der Waals surface area contributed by atoms with Crippen molar-refractivity contribution in [3.63, 3.8) is 0 Å². The minimum Gasteiger partial charge on any atom is -0.319 e. The Morgan fingerprint density at radius 1 is 1.18 bits per heavy atom. The van der Waals surface area contributed by atoms with Crippen molar-refractivity contribution in [2.24, 2.45) is 5.92 Å². The van der Waals surface area contributed by atoms with Gasteiger partial charge in [-0.2, -0.15) is 0 Å². The highest BCUT2D eigenvalue weighted by Crippen LogP contribution is 2.23. The maximum absolute atomic E-state index is 3.32. The molecule has 0 bridgehead atoms. The predicted octanol–water partition coefficient (Wildman–Crippen LogP) is 4.12. The fourth-order valence-corrected chi connectivity index (χ4v) is 2.33. The van der Waals surface area contributed by atoms with Gasteiger partial charge >= 0.3 is 0 Å². The van der Waals surface area contributed by atoms with Crippen LogP contribution in [0.25, 0.3) is 0 Å². The first-order chi connectivity index (χ1) is 8.13. The average Bonchev–Trinajstić information content (AvgIpc) is 2.27. The van der Waals surface area contributed by atoms with Gasteiger partial charge in [-0.3, -0.25) is 0 Å². The third-order valence-electron chi connectivity index (χ3n) is 3.30. The smallest absolute Gasteiger partial charge is 0.00171 e. The summed E-state index contributed by atoms with van der Waals surface area (Å²) >= 11 is 0. The molecule has 0 aliphatic rings. The zero-order valence-corrected chi connectivity index (χ0v) is 11.8. The van der Waals surface area contributed by atoms with E-state index in [0.717, 1.165) is 12.5 Å². The molecule has 1 N–H and O–H groups in total. The molecule has 96 valence electrons. The van der Waals surface area contributed by atoms with Crippen molar-refractivity contribution in [2.75, 3.05) is 13.6 Å². The van der Waals surface area contributed by atoms with Crippen LogP contribution in [0.5, 0.6) is 0 Å². The average molecular weight is 233 g/mol. The van der Waals surface area contributed by atoms with Crippen LogP contribution in [0.1, 0.15) is 50.2 Å². The molecule has 0 spiro atoms. The molecule has 0 saturated carbocycles. The van der Waals surface area contributed by atoms with Gasteiger partial charge < -0.3 is 5.32 Å². The van der Waals surface area contributed by atoms with Crippen LogP contribution in [-0.4, -0.2) is 13.6 Å². The first kappa shape index (κ1) is 14.2. The predicted molar refractivity (Wildman–Crippen MR) is 76.5 cm³/mol. The molecule has 0 aliphatic heterocycles. The van der Waals surface area contributed by atoms with E-state index < -0.39 is 0 Å². The first-order valence-electron chi connectivity index (χ1n) is 6.84. The zero-order chi connectivity index (χ0) is 12.7. The van der Waals surface area contributed by atoms with Gasteiger partial charge in [-0.1, -0.05) is 56.5 Å². The van der Waals surface area contributed by atoms with Gasteiger partial charge in [0.15, 0.2) is 0 Å². The van der Waals surface area contributed by atoms with E-state index in [4.69, 9.17) is 0 Å². The van der Waals surface area contributed by atoms with Crippen molar-refractivity contribution in [2.45, 2.75) is 46.0 Å². The summed E-state index contributed by atoms with van der Waals surface area (Å²) in [5.74, 6) is 1.49. The third-order valence-corrected chi connectivity index (χ3v) is 3.30. The van der Waals surface area contributed by atoms with Gasteiger partial charge in [0.05, 0.1) is 0 Å². The summed E-state index contributed by atoms with van der Waals surface area (Å²) in [4.78, 5) is 0. The van der Waals surface area contributed by atoms with Gasteiger partial charge in [0.1, 0.15) is 0 Å². The minimum atomic E-state index is 0.665. The van der Waals surface area contributed by atoms with Gasteiger partial charge in [0.25, 0.3) is 0 Å². The summed E-state index contributed by atoms with van der Waals surface area (Å²) in [5, 5.41) is 3.32. The van der Waals surface area contributed by atoms with Crippen LogP contribution in [0.2, 0.25) is 0 Å². The molecule has 1 unspecified atom stereocenters. The molecule has 1 nitrogen and oxygen atoms in total. The lowest BCUT2D eigenvalue weighted by Crippen LogP contribution is -2.17. The van der Waals surface area contributed by atoms with Gasteiger partial charge in [-0.05, 0) is 37.8 Å². The van der Waals surface area contributed by atoms with Crippen LogP contribution < -0.4 is 5.32 Å². The Morgan fingerprint density at radius 3 is 2.53 bits per heavy atom. The lowest BCUT2D eigenvalue weighted by molar-refractivity contribution is 0.489. The second-order valence-electron chi connectivity index (χ2n) is 5.49. The molecule has 0 fully saturated rings. The molecule has 0 aromatic heterocycles. The third kappa shape index (κ3) is 5.36. The first-order valence-corrected chi connectivity index (χ1v) is 6.84. The van der Waals surface area contributed by atoms with E-state index in [0.29, 0.717) is 5.92 Å². The van der Waals surface area contributed by atoms with Crippen LogP contribution in [0.15, 0.2) is 24.3 Å². The molecule has 0 amide bonds. The van der Waals surface area contributed by atoms with Crippen LogP contribution in [0.4, 0.5) is 0 Å². The normalized spacial score (nSPS) is 13.0. The van der Waals surface area contributed by atoms with Gasteiger partial charge in [0.2, 0.25) is 0 Å². The number of rotatable bonds is 7. The summed E-state index contributed by atoms with van der Waals surface area (Å²) < 4.78 is 0. The number of hydrogen-bond donors (Lipinski definition) is 1. The van der Waals surface area contributed by atoms with Crippen molar-refractivity contribution in [1.29, 1.82) is 0 Å². The number of benzene rings is 1. The molecule has 1 aromatic carbocycles. The number of hydrogen-bond acceptors (Lipinski definition) is 1. The van der Waals surface area contributed by atoms with Gasteiger partial charge in [0, 0.05) is 6.54 Å². The molecule has 17 heavy (non-hydrogen) atoms. The van der Waals surface area contributed by atoms with E-state index in [1.165, 1.54) is 30.4 Å². The minimum absolute atomic E-state index is 0.665. The maximum atomic E-state index is 3.32. The Morgan fingerprint density at radius 2 is 1.94 bits per heavy atom. The Kier molecular flexibility index (Phi) is 6.28. The van der Waals surface area contributed by atoms with E-state index in [2.05, 4.69) is 50.4 Å². The Hall–Kier alpha value is -0.820. The molecular weight excluding hydrogens is 206 g/mol. The van der Waals surface area contributed by atoms with Crippen molar-refractivity contribution in [3.8, 4) is 0 Å². The largest absolute Gasteiger partial charge is 0.319 e. The molecule has 0 radical (unpaired) electrons. The van der Waals surface area contributed by atoms with Crippen LogP contribution in [0.3, 0.4) is 0 Å². The van der Waals surface area contributed by atoms with Crippen LogP contribution in [0, 0.1) is 12.8 Å². The summed E-state index contributed by atoms with van der Waals surface area (Å²) in [7, 11) is 2.05. The van der Waals surface area contributed by atoms with Crippen molar-refractivity contribution in [1.82, 2.24) is 5.32 Å². The fraction of sp³-hybridized carbons (Fsp3) is 0.625. The SMILES string of the molecule is CNCC(CCCC(C)C)c1cccc(C)c1. The Bertz CT molecular complexity index is 317. The standard InChI is InChI=1S/C16H27N/c1-13(2)7-5-10-16(12-17-4)15-9-6-8-14(3)11-15/h6,8-9,11,13,16-17H,5,7,10,12H2,1-4H3. The lowest BCUT2D eigenvalue weighted by atomic mass is 9.91. The summed E-state index contributed by atoms with van der Waals surface area (Å²) in [5.41, 5.74) is 2.86. The highest BCUT2D eigenvalue weighted by molar-refractivity contribution is 5.25. The number of nitrogens with one attached hydrogen (secondary N) is 1.